The van der Waals surface area contributed by atoms with Crippen LogP contribution in [0.5, 0.6) is 0 Å². The van der Waals surface area contributed by atoms with E-state index in [1.165, 1.54) is 6.07 Å². The van der Waals surface area contributed by atoms with Crippen LogP contribution in [0.2, 0.25) is 0 Å². The van der Waals surface area contributed by atoms with Crippen molar-refractivity contribution in [3.8, 4) is 0 Å². The summed E-state index contributed by atoms with van der Waals surface area (Å²) in [7, 11) is 0. The number of nitrogens with one attached hydrogen (secondary N) is 1. The average molecular weight is 357 g/mol. The Bertz CT molecular complexity index is 564. The number of carbonyl (C=O) groups excluding carboxylic acids is 1. The molecule has 0 bridgehead atoms. The quantitative estimate of drug-likeness (QED) is 0.775. The molecule has 6 nitrogen and oxygen atoms in total. The molecule has 0 radical (unpaired) electrons. The van der Waals surface area contributed by atoms with Crippen LogP contribution in [0, 0.1) is 5.92 Å². The van der Waals surface area contributed by atoms with Gasteiger partial charge in [-0.1, -0.05) is 13.0 Å². The number of para-hydroxylation sites is 1. The Kier molecular flexibility index (Phi) is 4.84. The van der Waals surface area contributed by atoms with Gasteiger partial charge < -0.3 is 20.4 Å². The van der Waals surface area contributed by atoms with Gasteiger partial charge in [-0.15, -0.1) is 0 Å². The van der Waals surface area contributed by atoms with Gasteiger partial charge >= 0.3 is 12.0 Å². The van der Waals surface area contributed by atoms with Crippen LogP contribution in [0.1, 0.15) is 23.7 Å². The molecule has 3 N–H and O–H groups in total. The van der Waals surface area contributed by atoms with E-state index in [9.17, 15) is 19.8 Å². The van der Waals surface area contributed by atoms with Crippen LogP contribution in [0.4, 0.5) is 10.5 Å². The molecule has 114 valence electrons. The molecule has 1 aromatic carbocycles. The van der Waals surface area contributed by atoms with Crippen molar-refractivity contribution in [2.24, 2.45) is 5.92 Å². The third kappa shape index (κ3) is 3.19. The van der Waals surface area contributed by atoms with E-state index in [1.54, 1.807) is 17.0 Å². The number of hydrogen-bond acceptors (Lipinski definition) is 3. The summed E-state index contributed by atoms with van der Waals surface area (Å²) in [5.74, 6) is -0.890. The van der Waals surface area contributed by atoms with Crippen molar-refractivity contribution >= 4 is 33.6 Å². The monoisotopic (exact) mass is 356 g/mol. The lowest BCUT2D eigenvalue weighted by molar-refractivity contribution is 0.0698. The molecule has 2 atom stereocenters. The number of carboxylic acid groups (broad SMARTS) is 1. The van der Waals surface area contributed by atoms with Crippen LogP contribution in [-0.2, 0) is 0 Å². The molecule has 0 saturated carbocycles. The Hall–Kier alpha value is -1.60. The van der Waals surface area contributed by atoms with Crippen molar-refractivity contribution in [3.63, 3.8) is 0 Å². The van der Waals surface area contributed by atoms with Gasteiger partial charge in [0.1, 0.15) is 0 Å². The number of anilines is 1. The summed E-state index contributed by atoms with van der Waals surface area (Å²) in [6, 6.07) is 4.06. The number of carboxylic acids is 1. The van der Waals surface area contributed by atoms with Crippen LogP contribution in [0.25, 0.3) is 0 Å². The van der Waals surface area contributed by atoms with Gasteiger partial charge in [0.2, 0.25) is 0 Å². The van der Waals surface area contributed by atoms with E-state index < -0.39 is 12.0 Å². The summed E-state index contributed by atoms with van der Waals surface area (Å²) < 4.78 is 0.503. The Morgan fingerprint density at radius 2 is 2.19 bits per heavy atom. The highest BCUT2D eigenvalue weighted by atomic mass is 79.9. The highest BCUT2D eigenvalue weighted by Crippen LogP contribution is 2.29. The molecule has 1 fully saturated rings. The van der Waals surface area contributed by atoms with E-state index in [0.29, 0.717) is 11.0 Å². The molecular weight excluding hydrogens is 340 g/mol. The fraction of sp³-hybridized carbons (Fsp3) is 0.429. The van der Waals surface area contributed by atoms with Gasteiger partial charge in [0, 0.05) is 11.0 Å². The number of rotatable bonds is 3. The molecule has 0 aliphatic carbocycles. The highest BCUT2D eigenvalue weighted by molar-refractivity contribution is 9.10. The number of likely N-dealkylation sites (tertiary alicyclic amines) is 1. The maximum Gasteiger partial charge on any atom is 0.337 e. The van der Waals surface area contributed by atoms with Gasteiger partial charge in [-0.3, -0.25) is 0 Å². The fourth-order valence-corrected chi connectivity index (χ4v) is 3.01. The summed E-state index contributed by atoms with van der Waals surface area (Å²) in [6.07, 6.45) is 0.820. The molecule has 2 rings (SSSR count). The predicted octanol–water partition coefficient (Wildman–Crippen LogP) is 2.38. The van der Waals surface area contributed by atoms with Crippen LogP contribution >= 0.6 is 15.9 Å². The summed E-state index contributed by atoms with van der Waals surface area (Å²) in [4.78, 5) is 25.1. The van der Waals surface area contributed by atoms with Crippen LogP contribution in [-0.4, -0.2) is 46.3 Å². The van der Waals surface area contributed by atoms with Crippen LogP contribution in [0.3, 0.4) is 0 Å². The minimum Gasteiger partial charge on any atom is -0.478 e. The maximum absolute atomic E-state index is 12.3. The second kappa shape index (κ2) is 6.44. The average Bonchev–Trinajstić information content (AvgIpc) is 2.81. The second-order valence-corrected chi connectivity index (χ2v) is 5.96. The van der Waals surface area contributed by atoms with Crippen molar-refractivity contribution < 1.29 is 19.8 Å². The molecule has 2 amide bonds. The van der Waals surface area contributed by atoms with Crippen molar-refractivity contribution in [1.29, 1.82) is 0 Å². The van der Waals surface area contributed by atoms with Crippen molar-refractivity contribution in [1.82, 2.24) is 4.90 Å². The third-order valence-electron chi connectivity index (χ3n) is 3.81. The first-order valence-corrected chi connectivity index (χ1v) is 7.45. The first kappa shape index (κ1) is 15.8. The first-order valence-electron chi connectivity index (χ1n) is 6.66. The number of hydrogen-bond donors (Lipinski definition) is 3. The van der Waals surface area contributed by atoms with E-state index in [1.807, 2.05) is 6.92 Å². The Morgan fingerprint density at radius 3 is 2.81 bits per heavy atom. The number of aliphatic hydroxyl groups excluding tert-OH is 1. The minimum atomic E-state index is -1.11. The molecule has 0 spiro atoms. The number of aromatic carboxylic acids is 1. The lowest BCUT2D eigenvalue weighted by Crippen LogP contribution is -2.42. The van der Waals surface area contributed by atoms with Gasteiger partial charge in [0.05, 0.1) is 23.9 Å². The zero-order chi connectivity index (χ0) is 15.6. The Balaban J connectivity index is 2.22. The molecule has 1 aliphatic heterocycles. The minimum absolute atomic E-state index is 0.0190. The van der Waals surface area contributed by atoms with Gasteiger partial charge in [0.25, 0.3) is 0 Å². The molecule has 1 aromatic rings. The van der Waals surface area contributed by atoms with E-state index in [2.05, 4.69) is 21.2 Å². The number of urea groups is 1. The van der Waals surface area contributed by atoms with Crippen LogP contribution < -0.4 is 5.32 Å². The number of amides is 2. The summed E-state index contributed by atoms with van der Waals surface area (Å²) >= 11 is 3.25. The van der Waals surface area contributed by atoms with E-state index in [4.69, 9.17) is 0 Å². The van der Waals surface area contributed by atoms with E-state index in [0.717, 1.165) is 6.42 Å². The lowest BCUT2D eigenvalue weighted by atomic mass is 10.0. The largest absolute Gasteiger partial charge is 0.478 e. The summed E-state index contributed by atoms with van der Waals surface area (Å²) in [6.45, 7) is 2.43. The lowest BCUT2D eigenvalue weighted by Gasteiger charge is -2.26. The molecule has 21 heavy (non-hydrogen) atoms. The number of halogens is 1. The molecule has 7 heteroatoms. The van der Waals surface area contributed by atoms with Crippen molar-refractivity contribution in [2.45, 2.75) is 19.4 Å². The molecule has 0 aromatic heterocycles. The van der Waals surface area contributed by atoms with Gasteiger partial charge in [-0.25, -0.2) is 9.59 Å². The van der Waals surface area contributed by atoms with Gasteiger partial charge in [-0.05, 0) is 40.4 Å². The standard InChI is InChI=1S/C14H17BrN2O4/c1-8-5-6-17(11(8)7-18)14(21)16-12-9(13(19)20)3-2-4-10(12)15/h2-4,8,11,18H,5-7H2,1H3,(H,16,21)(H,19,20). The normalized spacial score (nSPS) is 21.4. The Labute approximate surface area is 130 Å². The number of carbonyl (C=O) groups is 2. The molecular formula is C14H17BrN2O4. The van der Waals surface area contributed by atoms with Gasteiger partial charge in [0.15, 0.2) is 0 Å². The third-order valence-corrected chi connectivity index (χ3v) is 4.47. The topological polar surface area (TPSA) is 89.9 Å². The van der Waals surface area contributed by atoms with Gasteiger partial charge in [-0.2, -0.15) is 0 Å². The zero-order valence-electron chi connectivity index (χ0n) is 11.5. The SMILES string of the molecule is CC1CCN(C(=O)Nc2c(Br)cccc2C(=O)O)C1CO. The molecule has 1 aliphatic rings. The van der Waals surface area contributed by atoms with E-state index in [-0.39, 0.29) is 29.8 Å². The van der Waals surface area contributed by atoms with E-state index >= 15 is 0 Å². The zero-order valence-corrected chi connectivity index (χ0v) is 13.1. The highest BCUT2D eigenvalue weighted by Gasteiger charge is 2.34. The first-order chi connectivity index (χ1) is 9.95. The smallest absolute Gasteiger partial charge is 0.337 e. The van der Waals surface area contributed by atoms with Crippen LogP contribution in [0.15, 0.2) is 22.7 Å². The fourth-order valence-electron chi connectivity index (χ4n) is 2.55. The number of nitrogens with zero attached hydrogens (tertiary/aromatic N) is 1. The molecule has 1 saturated heterocycles. The molecule has 1 heterocycles. The Morgan fingerprint density at radius 1 is 1.48 bits per heavy atom. The number of benzene rings is 1. The van der Waals surface area contributed by atoms with Crippen molar-refractivity contribution in [2.75, 3.05) is 18.5 Å². The number of aliphatic hydroxyl groups is 1. The predicted molar refractivity (Wildman–Crippen MR) is 81.5 cm³/mol. The summed E-state index contributed by atoms with van der Waals surface area (Å²) in [5, 5.41) is 21.2. The second-order valence-electron chi connectivity index (χ2n) is 5.11. The summed E-state index contributed by atoms with van der Waals surface area (Å²) in [5.41, 5.74) is 0.247. The maximum atomic E-state index is 12.3. The van der Waals surface area contributed by atoms with Crippen molar-refractivity contribution in [3.05, 3.63) is 28.2 Å². The molecule has 2 unspecified atom stereocenters.